The van der Waals surface area contributed by atoms with Gasteiger partial charge in [0.15, 0.2) is 5.16 Å². The van der Waals surface area contributed by atoms with Crippen molar-refractivity contribution >= 4 is 23.3 Å². The Bertz CT molecular complexity index is 1010. The van der Waals surface area contributed by atoms with Crippen LogP contribution >= 0.6 is 11.8 Å². The first-order valence-electron chi connectivity index (χ1n) is 9.34. The lowest BCUT2D eigenvalue weighted by molar-refractivity contribution is 0.414. The molecule has 0 unspecified atom stereocenters. The lowest BCUT2D eigenvalue weighted by Gasteiger charge is -2.12. The van der Waals surface area contributed by atoms with E-state index in [1.807, 2.05) is 48.5 Å². The largest absolute Gasteiger partial charge is 0.497 e. The summed E-state index contributed by atoms with van der Waals surface area (Å²) in [7, 11) is 1.64. The first-order chi connectivity index (χ1) is 14.1. The zero-order valence-electron chi connectivity index (χ0n) is 16.6. The number of hydrogen-bond donors (Lipinski definition) is 1. The minimum absolute atomic E-state index is 0.199. The third-order valence-electron chi connectivity index (χ3n) is 4.38. The van der Waals surface area contributed by atoms with Gasteiger partial charge in [0.1, 0.15) is 5.75 Å². The van der Waals surface area contributed by atoms with Crippen molar-refractivity contribution in [2.24, 2.45) is 0 Å². The average Bonchev–Trinajstić information content (AvgIpc) is 2.77. The standard InChI is InChI=1S/C22H24N4O2S/c1-4-14-26-21(27)20(23-18-10-6-16(5-2)7-11-18)24-25-22(26)29-15-17-8-12-19(28-3)13-9-17/h4,6-13H,1,5,14-15H2,2-3H3,(H,23,24). The molecule has 0 aliphatic heterocycles. The van der Waals surface area contributed by atoms with Crippen molar-refractivity contribution < 1.29 is 4.74 Å². The van der Waals surface area contributed by atoms with Gasteiger partial charge in [-0.15, -0.1) is 16.8 Å². The molecule has 0 saturated heterocycles. The van der Waals surface area contributed by atoms with Crippen LogP contribution in [0.5, 0.6) is 5.75 Å². The minimum atomic E-state index is -0.225. The van der Waals surface area contributed by atoms with E-state index in [2.05, 4.69) is 29.0 Å². The van der Waals surface area contributed by atoms with Crippen molar-refractivity contribution in [2.75, 3.05) is 12.4 Å². The number of allylic oxidation sites excluding steroid dienone is 1. The third-order valence-corrected chi connectivity index (χ3v) is 5.42. The van der Waals surface area contributed by atoms with Crippen LogP contribution in [0.1, 0.15) is 18.1 Å². The van der Waals surface area contributed by atoms with E-state index in [0.29, 0.717) is 17.5 Å². The van der Waals surface area contributed by atoms with Gasteiger partial charge in [-0.25, -0.2) is 0 Å². The zero-order chi connectivity index (χ0) is 20.6. The van der Waals surface area contributed by atoms with Gasteiger partial charge in [0.2, 0.25) is 5.82 Å². The number of aromatic nitrogens is 3. The van der Waals surface area contributed by atoms with Crippen LogP contribution in [0, 0.1) is 0 Å². The molecule has 3 rings (SSSR count). The zero-order valence-corrected chi connectivity index (χ0v) is 17.4. The molecule has 0 atom stereocenters. The molecule has 29 heavy (non-hydrogen) atoms. The third kappa shape index (κ3) is 5.26. The van der Waals surface area contributed by atoms with Gasteiger partial charge in [-0.1, -0.05) is 49.0 Å². The maximum Gasteiger partial charge on any atom is 0.297 e. The normalized spacial score (nSPS) is 10.6. The van der Waals surface area contributed by atoms with Crippen molar-refractivity contribution in [2.45, 2.75) is 30.8 Å². The van der Waals surface area contributed by atoms with Crippen LogP contribution < -0.4 is 15.6 Å². The van der Waals surface area contributed by atoms with Crippen LogP contribution in [0.4, 0.5) is 11.5 Å². The number of nitrogens with one attached hydrogen (secondary N) is 1. The molecular formula is C22H24N4O2S. The Hall–Kier alpha value is -3.06. The van der Waals surface area contributed by atoms with Crippen LogP contribution in [0.3, 0.4) is 0 Å². The molecule has 1 N–H and O–H groups in total. The van der Waals surface area contributed by atoms with Crippen molar-refractivity contribution in [3.8, 4) is 5.75 Å². The van der Waals surface area contributed by atoms with E-state index in [4.69, 9.17) is 4.74 Å². The van der Waals surface area contributed by atoms with E-state index in [-0.39, 0.29) is 11.4 Å². The van der Waals surface area contributed by atoms with Gasteiger partial charge in [0.25, 0.3) is 5.56 Å². The lowest BCUT2D eigenvalue weighted by Crippen LogP contribution is -2.26. The Balaban J connectivity index is 1.79. The SMILES string of the molecule is C=CCn1c(SCc2ccc(OC)cc2)nnc(Nc2ccc(CC)cc2)c1=O. The first kappa shape index (κ1) is 20.7. The lowest BCUT2D eigenvalue weighted by atomic mass is 10.1. The summed E-state index contributed by atoms with van der Waals surface area (Å²) in [6.45, 7) is 6.22. The highest BCUT2D eigenvalue weighted by Gasteiger charge is 2.12. The molecule has 0 aliphatic carbocycles. The van der Waals surface area contributed by atoms with Crippen LogP contribution in [-0.2, 0) is 18.7 Å². The summed E-state index contributed by atoms with van der Waals surface area (Å²) in [6.07, 6.45) is 2.65. The molecule has 1 heterocycles. The number of methoxy groups -OCH3 is 1. The Morgan fingerprint density at radius 1 is 1.10 bits per heavy atom. The Kier molecular flexibility index (Phi) is 7.08. The smallest absolute Gasteiger partial charge is 0.297 e. The molecule has 0 radical (unpaired) electrons. The molecule has 0 spiro atoms. The van der Waals surface area contributed by atoms with E-state index in [1.54, 1.807) is 17.8 Å². The monoisotopic (exact) mass is 408 g/mol. The van der Waals surface area contributed by atoms with Gasteiger partial charge >= 0.3 is 0 Å². The molecule has 0 fully saturated rings. The van der Waals surface area contributed by atoms with Crippen molar-refractivity contribution in [1.29, 1.82) is 0 Å². The highest BCUT2D eigenvalue weighted by Crippen LogP contribution is 2.22. The first-order valence-corrected chi connectivity index (χ1v) is 10.3. The minimum Gasteiger partial charge on any atom is -0.497 e. The summed E-state index contributed by atoms with van der Waals surface area (Å²) in [5.74, 6) is 1.68. The number of thioether (sulfide) groups is 1. The number of hydrogen-bond acceptors (Lipinski definition) is 6. The summed E-state index contributed by atoms with van der Waals surface area (Å²) < 4.78 is 6.76. The second-order valence-electron chi connectivity index (χ2n) is 6.35. The Morgan fingerprint density at radius 3 is 2.41 bits per heavy atom. The van der Waals surface area contributed by atoms with Gasteiger partial charge in [0.05, 0.1) is 7.11 Å². The fourth-order valence-electron chi connectivity index (χ4n) is 2.71. The van der Waals surface area contributed by atoms with Gasteiger partial charge < -0.3 is 10.1 Å². The number of ether oxygens (including phenoxy) is 1. The molecule has 0 amide bonds. The Morgan fingerprint density at radius 2 is 1.79 bits per heavy atom. The number of benzene rings is 2. The van der Waals surface area contributed by atoms with E-state index < -0.39 is 0 Å². The average molecular weight is 409 g/mol. The predicted octanol–water partition coefficient (Wildman–Crippen LogP) is 4.43. The molecule has 2 aromatic carbocycles. The molecule has 1 aromatic heterocycles. The van der Waals surface area contributed by atoms with Crippen LogP contribution in [0.25, 0.3) is 0 Å². The molecule has 7 heteroatoms. The number of aryl methyl sites for hydroxylation is 1. The van der Waals surface area contributed by atoms with Crippen LogP contribution in [0.2, 0.25) is 0 Å². The molecule has 3 aromatic rings. The second kappa shape index (κ2) is 9.93. The molecule has 0 bridgehead atoms. The Labute approximate surface area is 174 Å². The fourth-order valence-corrected chi connectivity index (χ4v) is 3.61. The van der Waals surface area contributed by atoms with E-state index in [1.165, 1.54) is 17.3 Å². The number of rotatable bonds is 9. The molecule has 150 valence electrons. The second-order valence-corrected chi connectivity index (χ2v) is 7.29. The van der Waals surface area contributed by atoms with E-state index in [0.717, 1.165) is 23.4 Å². The fraction of sp³-hybridized carbons (Fsp3) is 0.227. The highest BCUT2D eigenvalue weighted by molar-refractivity contribution is 7.98. The van der Waals surface area contributed by atoms with Gasteiger partial charge in [0, 0.05) is 18.0 Å². The number of anilines is 2. The summed E-state index contributed by atoms with van der Waals surface area (Å²) >= 11 is 1.46. The highest BCUT2D eigenvalue weighted by atomic mass is 32.2. The predicted molar refractivity (Wildman–Crippen MR) is 118 cm³/mol. The van der Waals surface area contributed by atoms with Gasteiger partial charge in [-0.2, -0.15) is 0 Å². The van der Waals surface area contributed by atoms with Crippen LogP contribution in [0.15, 0.2) is 71.1 Å². The summed E-state index contributed by atoms with van der Waals surface area (Å²) in [6, 6.07) is 15.7. The number of nitrogens with zero attached hydrogens (tertiary/aromatic N) is 3. The van der Waals surface area contributed by atoms with Crippen molar-refractivity contribution in [3.63, 3.8) is 0 Å². The van der Waals surface area contributed by atoms with Gasteiger partial charge in [-0.3, -0.25) is 9.36 Å². The topological polar surface area (TPSA) is 69.0 Å². The van der Waals surface area contributed by atoms with E-state index >= 15 is 0 Å². The van der Waals surface area contributed by atoms with Crippen LogP contribution in [-0.4, -0.2) is 21.9 Å². The molecular weight excluding hydrogens is 384 g/mol. The van der Waals surface area contributed by atoms with Crippen molar-refractivity contribution in [1.82, 2.24) is 14.8 Å². The quantitative estimate of drug-likeness (QED) is 0.417. The maximum absolute atomic E-state index is 12.9. The van der Waals surface area contributed by atoms with Gasteiger partial charge in [-0.05, 0) is 41.8 Å². The maximum atomic E-state index is 12.9. The molecule has 0 aliphatic rings. The summed E-state index contributed by atoms with van der Waals surface area (Å²) in [5, 5.41) is 12.0. The van der Waals surface area contributed by atoms with Crippen molar-refractivity contribution in [3.05, 3.63) is 82.7 Å². The summed E-state index contributed by atoms with van der Waals surface area (Å²) in [4.78, 5) is 12.9. The molecule has 0 saturated carbocycles. The summed E-state index contributed by atoms with van der Waals surface area (Å²) in [5.41, 5.74) is 2.92. The molecule has 6 nitrogen and oxygen atoms in total. The van der Waals surface area contributed by atoms with E-state index in [9.17, 15) is 4.79 Å².